The second-order valence-electron chi connectivity index (χ2n) is 5.44. The molecule has 0 spiro atoms. The first-order valence-corrected chi connectivity index (χ1v) is 8.57. The summed E-state index contributed by atoms with van der Waals surface area (Å²) in [5.74, 6) is 0.575. The molecule has 1 saturated heterocycles. The van der Waals surface area contributed by atoms with Crippen molar-refractivity contribution in [2.24, 2.45) is 4.99 Å². The third-order valence-electron chi connectivity index (χ3n) is 3.65. The molecule has 0 aliphatic carbocycles. The molecule has 2 aliphatic rings. The van der Waals surface area contributed by atoms with E-state index < -0.39 is 12.6 Å². The number of alkyl halides is 2. The van der Waals surface area contributed by atoms with E-state index in [4.69, 9.17) is 10.1 Å². The van der Waals surface area contributed by atoms with Crippen molar-refractivity contribution in [1.82, 2.24) is 20.9 Å². The van der Waals surface area contributed by atoms with Crippen molar-refractivity contribution in [3.05, 3.63) is 40.1 Å². The predicted octanol–water partition coefficient (Wildman–Crippen LogP) is 1.59. The molecule has 3 heterocycles. The van der Waals surface area contributed by atoms with Crippen molar-refractivity contribution in [3.8, 4) is 0 Å². The van der Waals surface area contributed by atoms with Gasteiger partial charge in [0, 0.05) is 35.5 Å². The van der Waals surface area contributed by atoms with Crippen LogP contribution in [0.25, 0.3) is 0 Å². The van der Waals surface area contributed by atoms with Crippen LogP contribution in [0.1, 0.15) is 11.4 Å². The molecule has 4 N–H and O–H groups in total. The van der Waals surface area contributed by atoms with Gasteiger partial charge in [-0.15, -0.1) is 11.3 Å². The molecular weight excluding hydrogens is 366 g/mol. The van der Waals surface area contributed by atoms with E-state index in [0.717, 1.165) is 6.20 Å². The Balaban J connectivity index is 1.78. The highest BCUT2D eigenvalue weighted by Crippen LogP contribution is 2.19. The number of halogens is 2. The van der Waals surface area contributed by atoms with E-state index in [9.17, 15) is 13.6 Å². The van der Waals surface area contributed by atoms with Gasteiger partial charge in [0.2, 0.25) is 0 Å². The molecule has 2 aliphatic heterocycles. The van der Waals surface area contributed by atoms with Crippen LogP contribution in [0.3, 0.4) is 0 Å². The number of allylic oxidation sites excluding steroid dienone is 1. The van der Waals surface area contributed by atoms with Gasteiger partial charge in [-0.3, -0.25) is 4.99 Å². The fourth-order valence-corrected chi connectivity index (χ4v) is 3.08. The lowest BCUT2D eigenvalue weighted by molar-refractivity contribution is 0.125. The molecule has 138 valence electrons. The lowest BCUT2D eigenvalue weighted by Gasteiger charge is -2.22. The number of nitrogens with zero attached hydrogens (tertiary/aromatic N) is 2. The molecule has 1 atom stereocenters. The van der Waals surface area contributed by atoms with Crippen molar-refractivity contribution in [3.63, 3.8) is 0 Å². The molecule has 8 nitrogen and oxygen atoms in total. The van der Waals surface area contributed by atoms with E-state index >= 15 is 0 Å². The summed E-state index contributed by atoms with van der Waals surface area (Å²) < 4.78 is 29.3. The van der Waals surface area contributed by atoms with E-state index in [1.165, 1.54) is 17.4 Å². The Hall–Kier alpha value is -2.82. The number of amidine groups is 1. The van der Waals surface area contributed by atoms with Gasteiger partial charge in [-0.2, -0.15) is 8.78 Å². The molecule has 0 bridgehead atoms. The number of rotatable bonds is 7. The SMILES string of the molecule is N=C(/C=C\NC(F)F)C1=C(CC2COC(=O)N2)NC(c2nccs2)=NC1. The van der Waals surface area contributed by atoms with Crippen LogP contribution in [0, 0.1) is 5.41 Å². The van der Waals surface area contributed by atoms with E-state index in [1.807, 2.05) is 10.7 Å². The van der Waals surface area contributed by atoms with Crippen molar-refractivity contribution >= 4 is 29.0 Å². The van der Waals surface area contributed by atoms with Crippen LogP contribution < -0.4 is 16.0 Å². The Morgan fingerprint density at radius 1 is 1.58 bits per heavy atom. The zero-order valence-electron chi connectivity index (χ0n) is 13.5. The summed E-state index contributed by atoms with van der Waals surface area (Å²) in [6.07, 6.45) is 3.84. The number of carbonyl (C=O) groups is 1. The monoisotopic (exact) mass is 382 g/mol. The molecule has 0 aromatic carbocycles. The molecule has 26 heavy (non-hydrogen) atoms. The van der Waals surface area contributed by atoms with E-state index in [-0.39, 0.29) is 24.9 Å². The first kappa shape index (κ1) is 18.0. The molecular formula is C15H16F2N6O2S. The molecule has 0 radical (unpaired) electrons. The molecule has 11 heteroatoms. The molecule has 3 rings (SSSR count). The maximum atomic E-state index is 12.2. The fourth-order valence-electron chi connectivity index (χ4n) is 2.48. The Bertz CT molecular complexity index is 775. The Kier molecular flexibility index (Phi) is 5.56. The third-order valence-corrected chi connectivity index (χ3v) is 4.43. The zero-order valence-corrected chi connectivity index (χ0v) is 14.3. The second kappa shape index (κ2) is 8.04. The van der Waals surface area contributed by atoms with Gasteiger partial charge in [-0.1, -0.05) is 0 Å². The number of aromatic nitrogens is 1. The van der Waals surface area contributed by atoms with Gasteiger partial charge >= 0.3 is 12.6 Å². The lowest BCUT2D eigenvalue weighted by Crippen LogP contribution is -2.36. The van der Waals surface area contributed by atoms with Crippen molar-refractivity contribution in [2.45, 2.75) is 19.0 Å². The van der Waals surface area contributed by atoms with Crippen LogP contribution in [-0.2, 0) is 4.74 Å². The Labute approximate surface area is 151 Å². The van der Waals surface area contributed by atoms with Gasteiger partial charge in [-0.25, -0.2) is 9.78 Å². The van der Waals surface area contributed by atoms with Crippen molar-refractivity contribution < 1.29 is 18.3 Å². The quantitative estimate of drug-likeness (QED) is 0.423. The topological polar surface area (TPSA) is 111 Å². The minimum absolute atomic E-state index is 0.0489. The maximum absolute atomic E-state index is 12.2. The number of nitrogens with one attached hydrogen (secondary N) is 4. The number of aliphatic imine (C=N–C) groups is 1. The number of hydrogen-bond donors (Lipinski definition) is 4. The number of alkyl carbamates (subject to hydrolysis) is 1. The van der Waals surface area contributed by atoms with Crippen LogP contribution in [0.15, 0.2) is 40.1 Å². The van der Waals surface area contributed by atoms with E-state index in [0.29, 0.717) is 28.5 Å². The summed E-state index contributed by atoms with van der Waals surface area (Å²) in [5.41, 5.74) is 1.28. The predicted molar refractivity (Wildman–Crippen MR) is 92.6 cm³/mol. The number of hydrogen-bond acceptors (Lipinski definition) is 8. The number of thiazole rings is 1. The van der Waals surface area contributed by atoms with Gasteiger partial charge in [0.05, 0.1) is 18.3 Å². The summed E-state index contributed by atoms with van der Waals surface area (Å²) in [6, 6.07) is -0.244. The smallest absolute Gasteiger partial charge is 0.407 e. The van der Waals surface area contributed by atoms with E-state index in [1.54, 1.807) is 6.20 Å². The average Bonchev–Trinajstić information content (AvgIpc) is 3.26. The summed E-state index contributed by atoms with van der Waals surface area (Å²) in [6.45, 7) is -2.27. The maximum Gasteiger partial charge on any atom is 0.407 e. The Morgan fingerprint density at radius 2 is 2.42 bits per heavy atom. The molecule has 1 fully saturated rings. The van der Waals surface area contributed by atoms with Crippen LogP contribution in [0.2, 0.25) is 0 Å². The van der Waals surface area contributed by atoms with Crippen LogP contribution >= 0.6 is 11.3 Å². The molecule has 1 aromatic heterocycles. The van der Waals surface area contributed by atoms with Gasteiger partial charge in [0.25, 0.3) is 0 Å². The lowest BCUT2D eigenvalue weighted by atomic mass is 10.0. The minimum atomic E-state index is -2.70. The first-order chi connectivity index (χ1) is 12.5. The minimum Gasteiger partial charge on any atom is -0.447 e. The zero-order chi connectivity index (χ0) is 18.5. The summed E-state index contributed by atoms with van der Waals surface area (Å²) >= 11 is 1.42. The average molecular weight is 382 g/mol. The van der Waals surface area contributed by atoms with Gasteiger partial charge in [-0.05, 0) is 6.08 Å². The van der Waals surface area contributed by atoms with Gasteiger partial charge in [0.15, 0.2) is 10.8 Å². The molecule has 1 amide bonds. The summed E-state index contributed by atoms with van der Waals surface area (Å²) in [4.78, 5) is 19.8. The molecule has 1 aromatic rings. The summed E-state index contributed by atoms with van der Waals surface area (Å²) in [7, 11) is 0. The molecule has 1 unspecified atom stereocenters. The van der Waals surface area contributed by atoms with Crippen LogP contribution in [0.5, 0.6) is 0 Å². The number of ether oxygens (including phenoxy) is 1. The van der Waals surface area contributed by atoms with Crippen molar-refractivity contribution in [2.75, 3.05) is 13.2 Å². The highest BCUT2D eigenvalue weighted by atomic mass is 32.1. The van der Waals surface area contributed by atoms with Gasteiger partial charge < -0.3 is 26.1 Å². The first-order valence-electron chi connectivity index (χ1n) is 7.69. The molecule has 0 saturated carbocycles. The largest absolute Gasteiger partial charge is 0.447 e. The highest BCUT2D eigenvalue weighted by Gasteiger charge is 2.27. The van der Waals surface area contributed by atoms with Crippen molar-refractivity contribution in [1.29, 1.82) is 5.41 Å². The standard InChI is InChI=1S/C15H16F2N6O2S/c16-14(17)20-2-1-10(18)9-6-21-12(13-19-3-4-26-13)23-11(9)5-8-7-25-15(24)22-8/h1-4,8,14,18,20H,5-7H2,(H,21,23)(H,22,24)/b2-1-,18-10?. The van der Waals surface area contributed by atoms with Crippen LogP contribution in [-0.4, -0.2) is 48.4 Å². The normalized spacial score (nSPS) is 20.0. The van der Waals surface area contributed by atoms with Gasteiger partial charge in [0.1, 0.15) is 6.61 Å². The third kappa shape index (κ3) is 4.42. The number of carbonyl (C=O) groups excluding carboxylic acids is 1. The van der Waals surface area contributed by atoms with E-state index in [2.05, 4.69) is 20.6 Å². The Morgan fingerprint density at radius 3 is 3.08 bits per heavy atom. The number of amides is 1. The van der Waals surface area contributed by atoms with Crippen LogP contribution in [0.4, 0.5) is 13.6 Å². The number of cyclic esters (lactones) is 1. The summed E-state index contributed by atoms with van der Waals surface area (Å²) in [5, 5.41) is 18.3. The second-order valence-corrected chi connectivity index (χ2v) is 6.34. The highest BCUT2D eigenvalue weighted by molar-refractivity contribution is 7.11. The fraction of sp³-hybridized carbons (Fsp3) is 0.333.